The van der Waals surface area contributed by atoms with Crippen molar-refractivity contribution in [3.63, 3.8) is 0 Å². The van der Waals surface area contributed by atoms with Crippen LogP contribution in [-0.2, 0) is 14.3 Å². The third-order valence-corrected chi connectivity index (χ3v) is 3.54. The average molecular weight is 398 g/mol. The Bertz CT molecular complexity index is 687. The van der Waals surface area contributed by atoms with Gasteiger partial charge in [-0.25, -0.2) is 0 Å². The Hall–Kier alpha value is -2.44. The highest BCUT2D eigenvalue weighted by molar-refractivity contribution is 6.30. The van der Waals surface area contributed by atoms with Gasteiger partial charge in [-0.3, -0.25) is 9.59 Å². The number of rotatable bonds is 8. The van der Waals surface area contributed by atoms with E-state index < -0.39 is 18.2 Å². The smallest absolute Gasteiger partial charge is 0.321 e. The first kappa shape index (κ1) is 19.9. The number of benzene rings is 2. The Balaban J connectivity index is 2.04. The maximum Gasteiger partial charge on any atom is 0.321 e. The van der Waals surface area contributed by atoms with Gasteiger partial charge in [0.25, 0.3) is 0 Å². The molecule has 6 nitrogen and oxygen atoms in total. The molecule has 0 saturated carbocycles. The molecule has 2 aromatic carbocycles. The van der Waals surface area contributed by atoms with Gasteiger partial charge in [0.05, 0.1) is 6.54 Å². The summed E-state index contributed by atoms with van der Waals surface area (Å²) < 4.78 is 16.0. The summed E-state index contributed by atoms with van der Waals surface area (Å²) in [5.41, 5.74) is 0. The van der Waals surface area contributed by atoms with Crippen LogP contribution < -0.4 is 14.8 Å². The lowest BCUT2D eigenvalue weighted by molar-refractivity contribution is -0.144. The molecule has 1 amide bonds. The van der Waals surface area contributed by atoms with Crippen LogP contribution in [0.4, 0.5) is 0 Å². The van der Waals surface area contributed by atoms with Crippen LogP contribution in [0.2, 0.25) is 10.0 Å². The van der Waals surface area contributed by atoms with Crippen LogP contribution in [0, 0.1) is 0 Å². The number of hydrogen-bond donors (Lipinski definition) is 1. The molecule has 0 aliphatic heterocycles. The molecule has 0 unspecified atom stereocenters. The van der Waals surface area contributed by atoms with Crippen LogP contribution in [0.5, 0.6) is 11.5 Å². The van der Waals surface area contributed by atoms with E-state index in [1.54, 1.807) is 48.5 Å². The van der Waals surface area contributed by atoms with Crippen molar-refractivity contribution < 1.29 is 23.8 Å². The second kappa shape index (κ2) is 9.89. The summed E-state index contributed by atoms with van der Waals surface area (Å²) in [6.45, 7) is 1.47. The lowest BCUT2D eigenvalue weighted by Crippen LogP contribution is -2.43. The SMILES string of the molecule is CC(=O)OCCNC(=O)C(Oc1ccc(Cl)cc1)Oc1ccc(Cl)cc1. The number of halogens is 2. The van der Waals surface area contributed by atoms with Crippen molar-refractivity contribution in [3.05, 3.63) is 58.6 Å². The van der Waals surface area contributed by atoms with Crippen LogP contribution >= 0.6 is 23.2 Å². The summed E-state index contributed by atoms with van der Waals surface area (Å²) in [6, 6.07) is 13.0. The zero-order valence-corrected chi connectivity index (χ0v) is 15.4. The van der Waals surface area contributed by atoms with E-state index >= 15 is 0 Å². The normalized spacial score (nSPS) is 10.3. The first-order valence-corrected chi connectivity index (χ1v) is 8.45. The summed E-state index contributed by atoms with van der Waals surface area (Å²) in [4.78, 5) is 23.1. The molecule has 0 heterocycles. The predicted octanol–water partition coefficient (Wildman–Crippen LogP) is 3.46. The second-order valence-corrected chi connectivity index (χ2v) is 5.98. The number of carbonyl (C=O) groups excluding carboxylic acids is 2. The lowest BCUT2D eigenvalue weighted by Gasteiger charge is -2.20. The topological polar surface area (TPSA) is 73.9 Å². The van der Waals surface area contributed by atoms with Gasteiger partial charge in [-0.2, -0.15) is 0 Å². The summed E-state index contributed by atoms with van der Waals surface area (Å²) >= 11 is 11.7. The third kappa shape index (κ3) is 6.82. The maximum atomic E-state index is 12.4. The minimum atomic E-state index is -1.25. The van der Waals surface area contributed by atoms with Crippen LogP contribution in [0.3, 0.4) is 0 Å². The third-order valence-electron chi connectivity index (χ3n) is 3.03. The van der Waals surface area contributed by atoms with E-state index in [1.165, 1.54) is 6.92 Å². The van der Waals surface area contributed by atoms with Gasteiger partial charge in [-0.1, -0.05) is 23.2 Å². The zero-order valence-electron chi connectivity index (χ0n) is 13.9. The Kier molecular flexibility index (Phi) is 7.56. The number of carbonyl (C=O) groups is 2. The fourth-order valence-corrected chi connectivity index (χ4v) is 2.11. The molecule has 1 N–H and O–H groups in total. The van der Waals surface area contributed by atoms with Gasteiger partial charge in [0.15, 0.2) is 0 Å². The van der Waals surface area contributed by atoms with Crippen molar-refractivity contribution in [3.8, 4) is 11.5 Å². The molecule has 0 atom stereocenters. The van der Waals surface area contributed by atoms with Gasteiger partial charge in [-0.15, -0.1) is 0 Å². The van der Waals surface area contributed by atoms with Crippen LogP contribution in [0.1, 0.15) is 6.92 Å². The molecule has 8 heteroatoms. The van der Waals surface area contributed by atoms with E-state index in [9.17, 15) is 9.59 Å². The molecule has 0 saturated heterocycles. The molecule has 0 aromatic heterocycles. The van der Waals surface area contributed by atoms with E-state index in [1.807, 2.05) is 0 Å². The fourth-order valence-electron chi connectivity index (χ4n) is 1.86. The molecular formula is C18H17Cl2NO5. The van der Waals surface area contributed by atoms with Crippen LogP contribution in [0.15, 0.2) is 48.5 Å². The quantitative estimate of drug-likeness (QED) is 0.419. The molecular weight excluding hydrogens is 381 g/mol. The first-order valence-electron chi connectivity index (χ1n) is 7.69. The highest BCUT2D eigenvalue weighted by atomic mass is 35.5. The van der Waals surface area contributed by atoms with E-state index in [2.05, 4.69) is 5.32 Å². The molecule has 0 bridgehead atoms. The standard InChI is InChI=1S/C18H17Cl2NO5/c1-12(22)24-11-10-21-17(23)18(25-15-6-2-13(19)3-7-15)26-16-8-4-14(20)5-9-16/h2-9,18H,10-11H2,1H3,(H,21,23). The van der Waals surface area contributed by atoms with Crippen molar-refractivity contribution in [2.45, 2.75) is 13.2 Å². The summed E-state index contributed by atoms with van der Waals surface area (Å²) in [7, 11) is 0. The fraction of sp³-hybridized carbons (Fsp3) is 0.222. The number of ether oxygens (including phenoxy) is 3. The van der Waals surface area contributed by atoms with Gasteiger partial charge in [-0.05, 0) is 48.5 Å². The minimum Gasteiger partial charge on any atom is -0.464 e. The number of esters is 1. The number of nitrogens with one attached hydrogen (secondary N) is 1. The van der Waals surface area contributed by atoms with E-state index in [0.29, 0.717) is 21.5 Å². The minimum absolute atomic E-state index is 0.0513. The van der Waals surface area contributed by atoms with E-state index in [4.69, 9.17) is 37.4 Å². The summed E-state index contributed by atoms with van der Waals surface area (Å²) in [5.74, 6) is -0.139. The van der Waals surface area contributed by atoms with Gasteiger partial charge in [0, 0.05) is 17.0 Å². The van der Waals surface area contributed by atoms with Gasteiger partial charge in [0.2, 0.25) is 0 Å². The lowest BCUT2D eigenvalue weighted by atomic mass is 10.3. The maximum absolute atomic E-state index is 12.4. The second-order valence-electron chi connectivity index (χ2n) is 5.11. The summed E-state index contributed by atoms with van der Waals surface area (Å²) in [6.07, 6.45) is -1.25. The van der Waals surface area contributed by atoms with Gasteiger partial charge < -0.3 is 19.5 Å². The van der Waals surface area contributed by atoms with Crippen molar-refractivity contribution >= 4 is 35.1 Å². The van der Waals surface area contributed by atoms with Crippen molar-refractivity contribution in [2.75, 3.05) is 13.2 Å². The highest BCUT2D eigenvalue weighted by Crippen LogP contribution is 2.20. The molecule has 2 rings (SSSR count). The Morgan fingerprint density at radius 3 is 1.81 bits per heavy atom. The first-order chi connectivity index (χ1) is 12.4. The summed E-state index contributed by atoms with van der Waals surface area (Å²) in [5, 5.41) is 3.66. The molecule has 0 fully saturated rings. The average Bonchev–Trinajstić information content (AvgIpc) is 2.61. The van der Waals surface area contributed by atoms with Crippen molar-refractivity contribution in [1.29, 1.82) is 0 Å². The zero-order chi connectivity index (χ0) is 18.9. The molecule has 26 heavy (non-hydrogen) atoms. The van der Waals surface area contributed by atoms with E-state index in [-0.39, 0.29) is 13.2 Å². The highest BCUT2D eigenvalue weighted by Gasteiger charge is 2.22. The van der Waals surface area contributed by atoms with Crippen LogP contribution in [0.25, 0.3) is 0 Å². The van der Waals surface area contributed by atoms with E-state index in [0.717, 1.165) is 0 Å². The molecule has 0 radical (unpaired) electrons. The Labute approximate surface area is 160 Å². The van der Waals surface area contributed by atoms with Crippen molar-refractivity contribution in [1.82, 2.24) is 5.32 Å². The van der Waals surface area contributed by atoms with Gasteiger partial charge >= 0.3 is 18.2 Å². The molecule has 0 spiro atoms. The number of hydrogen-bond acceptors (Lipinski definition) is 5. The van der Waals surface area contributed by atoms with Crippen LogP contribution in [-0.4, -0.2) is 31.3 Å². The largest absolute Gasteiger partial charge is 0.464 e. The Morgan fingerprint density at radius 1 is 0.923 bits per heavy atom. The monoisotopic (exact) mass is 397 g/mol. The molecule has 2 aromatic rings. The molecule has 0 aliphatic carbocycles. The molecule has 138 valence electrons. The predicted molar refractivity (Wildman–Crippen MR) is 97.6 cm³/mol. The Morgan fingerprint density at radius 2 is 1.38 bits per heavy atom. The number of amides is 1. The van der Waals surface area contributed by atoms with Crippen molar-refractivity contribution in [2.24, 2.45) is 0 Å². The molecule has 0 aliphatic rings. The van der Waals surface area contributed by atoms with Gasteiger partial charge in [0.1, 0.15) is 18.1 Å².